The fourth-order valence-electron chi connectivity index (χ4n) is 2.88. The van der Waals surface area contributed by atoms with Crippen molar-refractivity contribution in [2.75, 3.05) is 0 Å². The van der Waals surface area contributed by atoms with Crippen LogP contribution in [0.1, 0.15) is 16.1 Å². The number of carbonyl (C=O) groups excluding carboxylic acids is 1. The molecule has 0 unspecified atom stereocenters. The van der Waals surface area contributed by atoms with Crippen molar-refractivity contribution in [2.24, 2.45) is 0 Å². The van der Waals surface area contributed by atoms with Crippen molar-refractivity contribution in [3.63, 3.8) is 0 Å². The van der Waals surface area contributed by atoms with Gasteiger partial charge >= 0.3 is 42.6 Å². The van der Waals surface area contributed by atoms with E-state index in [-0.39, 0.29) is 5.78 Å². The summed E-state index contributed by atoms with van der Waals surface area (Å²) in [5.41, 5.74) is 4.37. The minimum atomic E-state index is -1.92. The van der Waals surface area contributed by atoms with Gasteiger partial charge in [-0.15, -0.1) is 11.4 Å². The van der Waals surface area contributed by atoms with Crippen molar-refractivity contribution in [2.45, 2.75) is 0 Å². The number of benzene rings is 3. The second-order valence-corrected chi connectivity index (χ2v) is 14.0. The van der Waals surface area contributed by atoms with Gasteiger partial charge in [0.25, 0.3) is 0 Å². The SMILES string of the molecule is O=C(c1ccccc1)c1cccc(-c2ccccc2[N-]c2ccccc2)n1.[Cl][Ti+]([Cl])[Cl]. The normalized spacial score (nSPS) is 9.90. The van der Waals surface area contributed by atoms with E-state index in [1.165, 1.54) is 0 Å². The van der Waals surface area contributed by atoms with Crippen LogP contribution in [-0.4, -0.2) is 10.8 Å². The predicted octanol–water partition coefficient (Wildman–Crippen LogP) is 8.38. The Labute approximate surface area is 199 Å². The van der Waals surface area contributed by atoms with E-state index >= 15 is 0 Å². The van der Waals surface area contributed by atoms with Gasteiger partial charge in [0.1, 0.15) is 5.69 Å². The Balaban J connectivity index is 0.000000628. The van der Waals surface area contributed by atoms with Gasteiger partial charge in [0.15, 0.2) is 0 Å². The van der Waals surface area contributed by atoms with Crippen LogP contribution in [0.5, 0.6) is 0 Å². The molecule has 31 heavy (non-hydrogen) atoms. The zero-order valence-electron chi connectivity index (χ0n) is 16.3. The molecule has 3 nitrogen and oxygen atoms in total. The maximum absolute atomic E-state index is 12.7. The van der Waals surface area contributed by atoms with Crippen molar-refractivity contribution >= 4 is 45.1 Å². The molecule has 1 heterocycles. The first-order valence-electron chi connectivity index (χ1n) is 9.31. The molecule has 0 fully saturated rings. The number of carbonyl (C=O) groups is 1. The number of nitrogens with zero attached hydrogens (tertiary/aromatic N) is 2. The van der Waals surface area contributed by atoms with Crippen LogP contribution in [0.4, 0.5) is 11.4 Å². The summed E-state index contributed by atoms with van der Waals surface area (Å²) < 4.78 is 0. The van der Waals surface area contributed by atoms with Gasteiger partial charge in [-0.05, 0) is 17.7 Å². The summed E-state index contributed by atoms with van der Waals surface area (Å²) in [4.78, 5) is 17.3. The van der Waals surface area contributed by atoms with Gasteiger partial charge in [0.2, 0.25) is 5.78 Å². The molecule has 0 bridgehead atoms. The van der Waals surface area contributed by atoms with E-state index in [9.17, 15) is 4.79 Å². The number of ketones is 1. The van der Waals surface area contributed by atoms with Crippen molar-refractivity contribution in [1.29, 1.82) is 0 Å². The molecule has 0 spiro atoms. The van der Waals surface area contributed by atoms with Gasteiger partial charge in [-0.3, -0.25) is 4.79 Å². The third kappa shape index (κ3) is 7.20. The molecule has 1 aromatic heterocycles. The van der Waals surface area contributed by atoms with Gasteiger partial charge in [-0.1, -0.05) is 91.0 Å². The van der Waals surface area contributed by atoms with Crippen molar-refractivity contribution in [3.8, 4) is 11.3 Å². The zero-order valence-corrected chi connectivity index (χ0v) is 20.1. The molecule has 154 valence electrons. The number of hydrogen-bond acceptors (Lipinski definition) is 2. The van der Waals surface area contributed by atoms with Gasteiger partial charge in [-0.2, -0.15) is 0 Å². The first-order valence-corrected chi connectivity index (χ1v) is 15.8. The minimum absolute atomic E-state index is 0.0880. The molecule has 0 aliphatic rings. The van der Waals surface area contributed by atoms with E-state index in [0.29, 0.717) is 11.3 Å². The van der Waals surface area contributed by atoms with Crippen LogP contribution in [0.25, 0.3) is 16.6 Å². The Morgan fingerprint density at radius 3 is 1.97 bits per heavy atom. The second kappa shape index (κ2) is 12.0. The Bertz CT molecular complexity index is 1120. The monoisotopic (exact) mass is 502 g/mol. The molecular formula is C24H17Cl3N2OTi. The maximum atomic E-state index is 12.7. The van der Waals surface area contributed by atoms with Crippen LogP contribution in [0.3, 0.4) is 0 Å². The van der Waals surface area contributed by atoms with E-state index in [1.807, 2.05) is 84.9 Å². The molecule has 4 rings (SSSR count). The van der Waals surface area contributed by atoms with Crippen LogP contribution < -0.4 is 0 Å². The Kier molecular flexibility index (Phi) is 9.14. The summed E-state index contributed by atoms with van der Waals surface area (Å²) in [6, 6.07) is 32.3. The molecular weight excluding hydrogens is 487 g/mol. The average Bonchev–Trinajstić information content (AvgIpc) is 2.80. The average molecular weight is 504 g/mol. The van der Waals surface area contributed by atoms with Crippen LogP contribution in [-0.2, 0) is 14.7 Å². The van der Waals surface area contributed by atoms with Crippen LogP contribution in [0, 0.1) is 0 Å². The fourth-order valence-corrected chi connectivity index (χ4v) is 2.88. The molecule has 0 aliphatic heterocycles. The predicted molar refractivity (Wildman–Crippen MR) is 126 cm³/mol. The molecule has 0 saturated carbocycles. The molecule has 0 atom stereocenters. The van der Waals surface area contributed by atoms with Gasteiger partial charge < -0.3 is 5.32 Å². The number of rotatable bonds is 5. The van der Waals surface area contributed by atoms with E-state index < -0.39 is 14.7 Å². The molecule has 7 heteroatoms. The standard InChI is InChI=1S/C24H17N2O.3ClH.Ti/c27-24(18-10-3-1-4-11-18)23-17-9-16-22(26-23)20-14-7-8-15-21(20)25-19-12-5-2-6-13-19;;;;/h1-17H;3*1H;/q-1;;;;+4/p-3. The summed E-state index contributed by atoms with van der Waals surface area (Å²) in [5, 5.41) is 4.73. The molecule has 0 radical (unpaired) electrons. The Morgan fingerprint density at radius 2 is 1.29 bits per heavy atom. The van der Waals surface area contributed by atoms with E-state index in [0.717, 1.165) is 22.6 Å². The second-order valence-electron chi connectivity index (χ2n) is 6.28. The van der Waals surface area contributed by atoms with Crippen LogP contribution >= 0.6 is 27.9 Å². The topological polar surface area (TPSA) is 44.1 Å². The zero-order chi connectivity index (χ0) is 22.1. The first kappa shape index (κ1) is 23.5. The summed E-state index contributed by atoms with van der Waals surface area (Å²) >= 11 is -1.92. The molecule has 4 aromatic rings. The summed E-state index contributed by atoms with van der Waals surface area (Å²) in [5.74, 6) is -0.0880. The Morgan fingerprint density at radius 1 is 0.710 bits per heavy atom. The number of hydrogen-bond donors (Lipinski definition) is 0. The number of para-hydroxylation sites is 2. The fraction of sp³-hybridized carbons (Fsp3) is 0. The number of aromatic nitrogens is 1. The first-order chi connectivity index (χ1) is 15.0. The number of pyridine rings is 1. The molecule has 0 aliphatic carbocycles. The molecule has 0 N–H and O–H groups in total. The van der Waals surface area contributed by atoms with E-state index in [1.54, 1.807) is 18.2 Å². The van der Waals surface area contributed by atoms with E-state index in [2.05, 4.69) is 4.98 Å². The third-order valence-electron chi connectivity index (χ3n) is 4.20. The third-order valence-corrected chi connectivity index (χ3v) is 4.20. The van der Waals surface area contributed by atoms with Gasteiger partial charge in [-0.25, -0.2) is 4.98 Å². The summed E-state index contributed by atoms with van der Waals surface area (Å²) in [6.07, 6.45) is 0. The van der Waals surface area contributed by atoms with Gasteiger partial charge in [0.05, 0.1) is 5.69 Å². The molecule has 0 amide bonds. The Hall–Kier alpha value is -2.14. The van der Waals surface area contributed by atoms with Gasteiger partial charge in [0, 0.05) is 5.56 Å². The quantitative estimate of drug-likeness (QED) is 0.203. The van der Waals surface area contributed by atoms with Crippen molar-refractivity contribution < 1.29 is 19.5 Å². The van der Waals surface area contributed by atoms with Crippen LogP contribution in [0.15, 0.2) is 103 Å². The summed E-state index contributed by atoms with van der Waals surface area (Å²) in [6.45, 7) is 0. The van der Waals surface area contributed by atoms with Crippen molar-refractivity contribution in [1.82, 2.24) is 4.98 Å². The van der Waals surface area contributed by atoms with E-state index in [4.69, 9.17) is 33.2 Å². The number of halogens is 3. The van der Waals surface area contributed by atoms with Crippen LogP contribution in [0.2, 0.25) is 0 Å². The van der Waals surface area contributed by atoms with Crippen molar-refractivity contribution in [3.05, 3.63) is 120 Å². The molecule has 0 saturated heterocycles. The summed E-state index contributed by atoms with van der Waals surface area (Å²) in [7, 11) is 14.9. The molecule has 3 aromatic carbocycles.